The standard InChI is InChI=1S/C12H15ClN2O/c13-10-2-1-3-11(15-10)14-9-6-7-16-12(9)8-4-5-8/h1-3,8-9,12H,4-7H2,(H,14,15). The van der Waals surface area contributed by atoms with Crippen LogP contribution in [-0.4, -0.2) is 23.7 Å². The van der Waals surface area contributed by atoms with Crippen molar-refractivity contribution in [3.05, 3.63) is 23.4 Å². The number of hydrogen-bond acceptors (Lipinski definition) is 3. The number of ether oxygens (including phenoxy) is 1. The zero-order chi connectivity index (χ0) is 11.0. The minimum absolute atomic E-state index is 0.376. The van der Waals surface area contributed by atoms with E-state index in [1.807, 2.05) is 12.1 Å². The van der Waals surface area contributed by atoms with E-state index in [-0.39, 0.29) is 0 Å². The van der Waals surface area contributed by atoms with E-state index < -0.39 is 0 Å². The lowest BCUT2D eigenvalue weighted by molar-refractivity contribution is 0.0898. The Morgan fingerprint density at radius 1 is 1.31 bits per heavy atom. The van der Waals surface area contributed by atoms with E-state index in [1.165, 1.54) is 12.8 Å². The first-order valence-corrected chi connectivity index (χ1v) is 6.21. The molecule has 3 rings (SSSR count). The molecule has 2 aliphatic rings. The second-order valence-corrected chi connectivity index (χ2v) is 4.95. The van der Waals surface area contributed by atoms with Crippen molar-refractivity contribution in [2.75, 3.05) is 11.9 Å². The molecule has 1 aromatic heterocycles. The molecule has 1 N–H and O–H groups in total. The second kappa shape index (κ2) is 4.22. The highest BCUT2D eigenvalue weighted by molar-refractivity contribution is 6.29. The van der Waals surface area contributed by atoms with E-state index in [0.29, 0.717) is 17.3 Å². The first-order valence-electron chi connectivity index (χ1n) is 5.83. The average molecular weight is 239 g/mol. The number of nitrogens with one attached hydrogen (secondary N) is 1. The predicted octanol–water partition coefficient (Wildman–Crippen LogP) is 2.71. The minimum atomic E-state index is 0.376. The molecule has 0 aromatic carbocycles. The Morgan fingerprint density at radius 2 is 2.19 bits per heavy atom. The Kier molecular flexibility index (Phi) is 2.74. The van der Waals surface area contributed by atoms with Gasteiger partial charge in [0.1, 0.15) is 11.0 Å². The third kappa shape index (κ3) is 2.15. The van der Waals surface area contributed by atoms with Crippen molar-refractivity contribution in [3.8, 4) is 0 Å². The molecule has 1 aliphatic heterocycles. The highest BCUT2D eigenvalue weighted by Gasteiger charge is 2.40. The van der Waals surface area contributed by atoms with Gasteiger partial charge in [-0.25, -0.2) is 4.98 Å². The summed E-state index contributed by atoms with van der Waals surface area (Å²) in [5.41, 5.74) is 0. The average Bonchev–Trinajstić information content (AvgIpc) is 3.00. The molecule has 4 heteroatoms. The van der Waals surface area contributed by atoms with E-state index in [4.69, 9.17) is 16.3 Å². The van der Waals surface area contributed by atoms with Gasteiger partial charge in [-0.15, -0.1) is 0 Å². The summed E-state index contributed by atoms with van der Waals surface area (Å²) in [6, 6.07) is 6.06. The number of rotatable bonds is 3. The summed E-state index contributed by atoms with van der Waals surface area (Å²) in [6.45, 7) is 0.861. The zero-order valence-corrected chi connectivity index (χ0v) is 9.78. The molecule has 86 valence electrons. The molecule has 0 amide bonds. The van der Waals surface area contributed by atoms with Gasteiger partial charge in [-0.2, -0.15) is 0 Å². The van der Waals surface area contributed by atoms with Crippen molar-refractivity contribution < 1.29 is 4.74 Å². The van der Waals surface area contributed by atoms with Crippen LogP contribution in [0.2, 0.25) is 5.15 Å². The van der Waals surface area contributed by atoms with E-state index >= 15 is 0 Å². The third-order valence-electron chi connectivity index (χ3n) is 3.27. The first-order chi connectivity index (χ1) is 7.83. The largest absolute Gasteiger partial charge is 0.376 e. The van der Waals surface area contributed by atoms with Crippen molar-refractivity contribution in [3.63, 3.8) is 0 Å². The van der Waals surface area contributed by atoms with Gasteiger partial charge in [0, 0.05) is 6.61 Å². The Balaban J connectivity index is 1.69. The van der Waals surface area contributed by atoms with Gasteiger partial charge in [-0.1, -0.05) is 17.7 Å². The maximum absolute atomic E-state index is 5.86. The van der Waals surface area contributed by atoms with E-state index in [0.717, 1.165) is 24.8 Å². The smallest absolute Gasteiger partial charge is 0.131 e. The van der Waals surface area contributed by atoms with Gasteiger partial charge < -0.3 is 10.1 Å². The molecular formula is C12H15ClN2O. The molecule has 0 spiro atoms. The van der Waals surface area contributed by atoms with E-state index in [2.05, 4.69) is 10.3 Å². The second-order valence-electron chi connectivity index (χ2n) is 4.56. The van der Waals surface area contributed by atoms with Crippen LogP contribution in [0.4, 0.5) is 5.82 Å². The molecule has 2 unspecified atom stereocenters. The minimum Gasteiger partial charge on any atom is -0.376 e. The summed E-state index contributed by atoms with van der Waals surface area (Å²) >= 11 is 5.86. The molecule has 1 aromatic rings. The highest BCUT2D eigenvalue weighted by Crippen LogP contribution is 2.39. The maximum Gasteiger partial charge on any atom is 0.131 e. The van der Waals surface area contributed by atoms with Crippen molar-refractivity contribution in [1.29, 1.82) is 0 Å². The number of nitrogens with zero attached hydrogens (tertiary/aromatic N) is 1. The number of aromatic nitrogens is 1. The van der Waals surface area contributed by atoms with Gasteiger partial charge in [-0.3, -0.25) is 0 Å². The van der Waals surface area contributed by atoms with Gasteiger partial charge in [0.25, 0.3) is 0 Å². The third-order valence-corrected chi connectivity index (χ3v) is 3.48. The zero-order valence-electron chi connectivity index (χ0n) is 9.03. The Bertz CT molecular complexity index is 381. The van der Waals surface area contributed by atoms with Crippen molar-refractivity contribution >= 4 is 17.4 Å². The SMILES string of the molecule is Clc1cccc(NC2CCOC2C2CC2)n1. The van der Waals surface area contributed by atoms with Crippen LogP contribution in [0.25, 0.3) is 0 Å². The molecule has 1 saturated carbocycles. The summed E-state index contributed by atoms with van der Waals surface area (Å²) < 4.78 is 5.77. The van der Waals surface area contributed by atoms with Crippen LogP contribution in [0, 0.1) is 5.92 Å². The van der Waals surface area contributed by atoms with Crippen LogP contribution in [0.5, 0.6) is 0 Å². The Labute approximate surface area is 100 Å². The molecule has 2 fully saturated rings. The summed E-state index contributed by atoms with van der Waals surface area (Å²) in [5, 5.41) is 3.97. The molecule has 0 radical (unpaired) electrons. The van der Waals surface area contributed by atoms with Crippen molar-refractivity contribution in [2.24, 2.45) is 5.92 Å². The molecule has 3 nitrogen and oxygen atoms in total. The number of anilines is 1. The summed E-state index contributed by atoms with van der Waals surface area (Å²) in [5.74, 6) is 1.62. The lowest BCUT2D eigenvalue weighted by atomic mass is 10.1. The van der Waals surface area contributed by atoms with Crippen molar-refractivity contribution in [1.82, 2.24) is 4.98 Å². The number of pyridine rings is 1. The first kappa shape index (κ1) is 10.4. The van der Waals surface area contributed by atoms with Crippen LogP contribution >= 0.6 is 11.6 Å². The van der Waals surface area contributed by atoms with Crippen LogP contribution in [0.3, 0.4) is 0 Å². The van der Waals surface area contributed by atoms with Gasteiger partial charge in [0.15, 0.2) is 0 Å². The normalized spacial score (nSPS) is 29.3. The highest BCUT2D eigenvalue weighted by atomic mass is 35.5. The number of halogens is 1. The number of hydrogen-bond donors (Lipinski definition) is 1. The maximum atomic E-state index is 5.86. The molecular weight excluding hydrogens is 224 g/mol. The van der Waals surface area contributed by atoms with Crippen LogP contribution in [0.15, 0.2) is 18.2 Å². The van der Waals surface area contributed by atoms with Gasteiger partial charge in [0.2, 0.25) is 0 Å². The van der Waals surface area contributed by atoms with E-state index in [9.17, 15) is 0 Å². The summed E-state index contributed by atoms with van der Waals surface area (Å²) in [4.78, 5) is 4.25. The Hall–Kier alpha value is -0.800. The lowest BCUT2D eigenvalue weighted by Crippen LogP contribution is -2.31. The fourth-order valence-corrected chi connectivity index (χ4v) is 2.50. The topological polar surface area (TPSA) is 34.1 Å². The quantitative estimate of drug-likeness (QED) is 0.823. The van der Waals surface area contributed by atoms with Crippen LogP contribution < -0.4 is 5.32 Å². The Morgan fingerprint density at radius 3 is 2.94 bits per heavy atom. The van der Waals surface area contributed by atoms with E-state index in [1.54, 1.807) is 6.07 Å². The summed E-state index contributed by atoms with van der Waals surface area (Å²) in [6.07, 6.45) is 4.06. The van der Waals surface area contributed by atoms with Gasteiger partial charge in [0.05, 0.1) is 12.1 Å². The molecule has 2 atom stereocenters. The fourth-order valence-electron chi connectivity index (χ4n) is 2.33. The molecule has 2 heterocycles. The molecule has 16 heavy (non-hydrogen) atoms. The van der Waals surface area contributed by atoms with Gasteiger partial charge in [-0.05, 0) is 37.3 Å². The van der Waals surface area contributed by atoms with Crippen LogP contribution in [0.1, 0.15) is 19.3 Å². The van der Waals surface area contributed by atoms with Crippen LogP contribution in [-0.2, 0) is 4.74 Å². The molecule has 1 aliphatic carbocycles. The fraction of sp³-hybridized carbons (Fsp3) is 0.583. The monoisotopic (exact) mass is 238 g/mol. The van der Waals surface area contributed by atoms with Gasteiger partial charge >= 0.3 is 0 Å². The predicted molar refractivity (Wildman–Crippen MR) is 63.7 cm³/mol. The molecule has 0 bridgehead atoms. The molecule has 1 saturated heterocycles. The summed E-state index contributed by atoms with van der Waals surface area (Å²) in [7, 11) is 0. The van der Waals surface area contributed by atoms with Crippen molar-refractivity contribution in [2.45, 2.75) is 31.4 Å². The lowest BCUT2D eigenvalue weighted by Gasteiger charge is -2.19.